The van der Waals surface area contributed by atoms with Gasteiger partial charge < -0.3 is 5.32 Å². The largest absolute Gasteiger partial charge is 0.315 e. The fourth-order valence-electron chi connectivity index (χ4n) is 2.69. The van der Waals surface area contributed by atoms with Crippen LogP contribution in [0.5, 0.6) is 0 Å². The average molecular weight is 232 g/mol. The lowest BCUT2D eigenvalue weighted by Gasteiger charge is -2.22. The van der Waals surface area contributed by atoms with Crippen molar-refractivity contribution >= 4 is 0 Å². The Labute approximate surface area is 105 Å². The van der Waals surface area contributed by atoms with Crippen LogP contribution in [0, 0.1) is 0 Å². The number of nitrogens with one attached hydrogen (secondary N) is 1. The predicted octanol–water partition coefficient (Wildman–Crippen LogP) is 2.30. The summed E-state index contributed by atoms with van der Waals surface area (Å²) in [4.78, 5) is 2.59. The van der Waals surface area contributed by atoms with Crippen LogP contribution >= 0.6 is 0 Å². The van der Waals surface area contributed by atoms with Crippen LogP contribution in [0.4, 0.5) is 0 Å². The van der Waals surface area contributed by atoms with Crippen molar-refractivity contribution in [1.82, 2.24) is 10.2 Å². The van der Waals surface area contributed by atoms with E-state index in [1.165, 1.54) is 31.5 Å². The second-order valence-electron chi connectivity index (χ2n) is 4.86. The Balaban J connectivity index is 1.63. The molecule has 1 N–H and O–H groups in total. The van der Waals surface area contributed by atoms with Crippen LogP contribution < -0.4 is 5.32 Å². The smallest absolute Gasteiger partial charge is 0.0220 e. The summed E-state index contributed by atoms with van der Waals surface area (Å²) in [6.45, 7) is 7.01. The van der Waals surface area contributed by atoms with Crippen molar-refractivity contribution in [2.75, 3.05) is 26.2 Å². The average Bonchev–Trinajstić information content (AvgIpc) is 2.83. The van der Waals surface area contributed by atoms with Crippen molar-refractivity contribution in [2.24, 2.45) is 0 Å². The van der Waals surface area contributed by atoms with E-state index in [-0.39, 0.29) is 0 Å². The Morgan fingerprint density at radius 1 is 1.29 bits per heavy atom. The van der Waals surface area contributed by atoms with Crippen molar-refractivity contribution in [3.8, 4) is 0 Å². The summed E-state index contributed by atoms with van der Waals surface area (Å²) < 4.78 is 0. The Hall–Kier alpha value is -0.860. The summed E-state index contributed by atoms with van der Waals surface area (Å²) in [5, 5.41) is 3.60. The van der Waals surface area contributed by atoms with Crippen LogP contribution in [-0.4, -0.2) is 37.1 Å². The minimum Gasteiger partial charge on any atom is -0.315 e. The summed E-state index contributed by atoms with van der Waals surface area (Å²) in [6.07, 6.45) is 3.88. The minimum atomic E-state index is 0.774. The maximum atomic E-state index is 3.60. The molecule has 0 radical (unpaired) electrons. The van der Waals surface area contributed by atoms with Gasteiger partial charge in [0.1, 0.15) is 0 Å². The second kappa shape index (κ2) is 6.77. The van der Waals surface area contributed by atoms with Gasteiger partial charge in [0.15, 0.2) is 0 Å². The van der Waals surface area contributed by atoms with Crippen LogP contribution in [0.15, 0.2) is 30.3 Å². The molecule has 0 bridgehead atoms. The highest BCUT2D eigenvalue weighted by atomic mass is 15.2. The third-order valence-corrected chi connectivity index (χ3v) is 3.72. The van der Waals surface area contributed by atoms with E-state index >= 15 is 0 Å². The summed E-state index contributed by atoms with van der Waals surface area (Å²) in [5.74, 6) is 0. The van der Waals surface area contributed by atoms with Crippen molar-refractivity contribution < 1.29 is 0 Å². The maximum absolute atomic E-state index is 3.60. The number of likely N-dealkylation sites (tertiary alicyclic amines) is 1. The Morgan fingerprint density at radius 3 is 2.88 bits per heavy atom. The molecular weight excluding hydrogens is 208 g/mol. The summed E-state index contributed by atoms with van der Waals surface area (Å²) in [6, 6.07) is 11.5. The lowest BCUT2D eigenvalue weighted by molar-refractivity contribution is 0.260. The van der Waals surface area contributed by atoms with E-state index in [0.29, 0.717) is 0 Å². The highest BCUT2D eigenvalue weighted by molar-refractivity contribution is 5.14. The van der Waals surface area contributed by atoms with E-state index in [2.05, 4.69) is 47.5 Å². The molecule has 1 saturated heterocycles. The highest BCUT2D eigenvalue weighted by Gasteiger charge is 2.21. The molecule has 0 saturated carbocycles. The summed E-state index contributed by atoms with van der Waals surface area (Å²) in [7, 11) is 0. The molecule has 0 aromatic heterocycles. The zero-order valence-corrected chi connectivity index (χ0v) is 10.9. The molecule has 2 heteroatoms. The fraction of sp³-hybridized carbons (Fsp3) is 0.600. The zero-order chi connectivity index (χ0) is 11.9. The Morgan fingerprint density at radius 2 is 2.12 bits per heavy atom. The van der Waals surface area contributed by atoms with Gasteiger partial charge in [0, 0.05) is 12.6 Å². The molecule has 1 aromatic carbocycles. The third-order valence-electron chi connectivity index (χ3n) is 3.72. The van der Waals surface area contributed by atoms with Crippen LogP contribution in [-0.2, 0) is 6.42 Å². The molecule has 0 amide bonds. The molecular formula is C15H24N2. The van der Waals surface area contributed by atoms with Crippen molar-refractivity contribution in [3.63, 3.8) is 0 Å². The lowest BCUT2D eigenvalue weighted by Crippen LogP contribution is -2.38. The van der Waals surface area contributed by atoms with Crippen LogP contribution in [0.3, 0.4) is 0 Å². The van der Waals surface area contributed by atoms with E-state index in [0.717, 1.165) is 25.6 Å². The van der Waals surface area contributed by atoms with Crippen LogP contribution in [0.2, 0.25) is 0 Å². The molecule has 1 fully saturated rings. The normalized spacial score (nSPS) is 20.9. The molecule has 0 aliphatic carbocycles. The zero-order valence-electron chi connectivity index (χ0n) is 10.9. The standard InChI is InChI=1S/C15H24N2/c1-2-17-12-6-9-15(17)13-16-11-10-14-7-4-3-5-8-14/h3-5,7-8,15-16H,2,6,9-13H2,1H3. The monoisotopic (exact) mass is 232 g/mol. The van der Waals surface area contributed by atoms with Crippen LogP contribution in [0.25, 0.3) is 0 Å². The van der Waals surface area contributed by atoms with E-state index < -0.39 is 0 Å². The topological polar surface area (TPSA) is 15.3 Å². The van der Waals surface area contributed by atoms with E-state index in [4.69, 9.17) is 0 Å². The quantitative estimate of drug-likeness (QED) is 0.757. The summed E-state index contributed by atoms with van der Waals surface area (Å²) in [5.41, 5.74) is 1.43. The Bertz CT molecular complexity index is 310. The van der Waals surface area contributed by atoms with Gasteiger partial charge in [-0.2, -0.15) is 0 Å². The van der Waals surface area contributed by atoms with Gasteiger partial charge in [-0.25, -0.2) is 0 Å². The first kappa shape index (κ1) is 12.6. The fourth-order valence-corrected chi connectivity index (χ4v) is 2.69. The second-order valence-corrected chi connectivity index (χ2v) is 4.86. The van der Waals surface area contributed by atoms with Gasteiger partial charge in [-0.3, -0.25) is 4.90 Å². The summed E-state index contributed by atoms with van der Waals surface area (Å²) >= 11 is 0. The maximum Gasteiger partial charge on any atom is 0.0220 e. The molecule has 2 rings (SSSR count). The molecule has 1 unspecified atom stereocenters. The van der Waals surface area contributed by atoms with Gasteiger partial charge in [-0.05, 0) is 44.5 Å². The molecule has 94 valence electrons. The molecule has 1 aliphatic heterocycles. The predicted molar refractivity (Wildman–Crippen MR) is 73.3 cm³/mol. The lowest BCUT2D eigenvalue weighted by atomic mass is 10.1. The van der Waals surface area contributed by atoms with E-state index in [9.17, 15) is 0 Å². The van der Waals surface area contributed by atoms with Crippen molar-refractivity contribution in [3.05, 3.63) is 35.9 Å². The van der Waals surface area contributed by atoms with Crippen molar-refractivity contribution in [2.45, 2.75) is 32.2 Å². The number of likely N-dealkylation sites (N-methyl/N-ethyl adjacent to an activating group) is 1. The molecule has 17 heavy (non-hydrogen) atoms. The molecule has 1 atom stereocenters. The van der Waals surface area contributed by atoms with E-state index in [1.807, 2.05) is 0 Å². The number of hydrogen-bond acceptors (Lipinski definition) is 2. The molecule has 1 heterocycles. The third kappa shape index (κ3) is 3.83. The van der Waals surface area contributed by atoms with Gasteiger partial charge in [-0.15, -0.1) is 0 Å². The van der Waals surface area contributed by atoms with Gasteiger partial charge in [0.2, 0.25) is 0 Å². The van der Waals surface area contributed by atoms with Gasteiger partial charge >= 0.3 is 0 Å². The number of hydrogen-bond donors (Lipinski definition) is 1. The first-order chi connectivity index (χ1) is 8.40. The van der Waals surface area contributed by atoms with Gasteiger partial charge in [0.25, 0.3) is 0 Å². The molecule has 2 nitrogen and oxygen atoms in total. The number of rotatable bonds is 6. The SMILES string of the molecule is CCN1CCCC1CNCCc1ccccc1. The minimum absolute atomic E-state index is 0.774. The number of nitrogens with zero attached hydrogens (tertiary/aromatic N) is 1. The first-order valence-electron chi connectivity index (χ1n) is 6.89. The van der Waals surface area contributed by atoms with Gasteiger partial charge in [-0.1, -0.05) is 37.3 Å². The number of benzene rings is 1. The first-order valence-corrected chi connectivity index (χ1v) is 6.89. The molecule has 1 aromatic rings. The highest BCUT2D eigenvalue weighted by Crippen LogP contribution is 2.15. The Kier molecular flexibility index (Phi) is 5.02. The van der Waals surface area contributed by atoms with Crippen LogP contribution in [0.1, 0.15) is 25.3 Å². The van der Waals surface area contributed by atoms with Crippen molar-refractivity contribution in [1.29, 1.82) is 0 Å². The van der Waals surface area contributed by atoms with E-state index in [1.54, 1.807) is 0 Å². The molecule has 1 aliphatic rings. The van der Waals surface area contributed by atoms with Gasteiger partial charge in [0.05, 0.1) is 0 Å². The molecule has 0 spiro atoms.